The van der Waals surface area contributed by atoms with Gasteiger partial charge >= 0.3 is 11.9 Å². The van der Waals surface area contributed by atoms with E-state index in [1.165, 1.54) is 13.2 Å². The van der Waals surface area contributed by atoms with Gasteiger partial charge in [-0.3, -0.25) is 14.5 Å². The average molecular weight is 392 g/mol. The van der Waals surface area contributed by atoms with Gasteiger partial charge in [0.1, 0.15) is 24.7 Å². The number of nitrogens with zero attached hydrogens (tertiary/aromatic N) is 1. The van der Waals surface area contributed by atoms with Gasteiger partial charge in [-0.15, -0.1) is 0 Å². The van der Waals surface area contributed by atoms with E-state index in [-0.39, 0.29) is 35.4 Å². The van der Waals surface area contributed by atoms with Gasteiger partial charge in [0, 0.05) is 11.1 Å². The molecule has 0 aliphatic carbocycles. The number of esters is 2. The molecule has 0 fully saturated rings. The summed E-state index contributed by atoms with van der Waals surface area (Å²) in [7, 11) is -2.43. The predicted octanol–water partition coefficient (Wildman–Crippen LogP) is 1.16. The van der Waals surface area contributed by atoms with E-state index in [4.69, 9.17) is 9.15 Å². The molecule has 0 amide bonds. The van der Waals surface area contributed by atoms with E-state index in [1.54, 1.807) is 31.2 Å². The minimum atomic E-state index is -3.66. The molecule has 2 aromatic rings. The van der Waals surface area contributed by atoms with Crippen molar-refractivity contribution >= 4 is 27.8 Å². The summed E-state index contributed by atoms with van der Waals surface area (Å²) in [4.78, 5) is 27.5. The summed E-state index contributed by atoms with van der Waals surface area (Å²) in [6, 6.07) is 7.89. The number of aryl methyl sites for hydroxylation is 1. The second-order valence-corrected chi connectivity index (χ2v) is 7.29. The van der Waals surface area contributed by atoms with Crippen LogP contribution in [0.3, 0.4) is 0 Å². The number of sulfonamides is 1. The fourth-order valence-corrected chi connectivity index (χ4v) is 3.76. The van der Waals surface area contributed by atoms with Gasteiger partial charge in [0.2, 0.25) is 5.76 Å². The molecule has 142 valence electrons. The number of aliphatic imine (C=N–C) groups is 1. The van der Waals surface area contributed by atoms with Crippen molar-refractivity contribution in [1.82, 2.24) is 4.72 Å². The summed E-state index contributed by atoms with van der Waals surface area (Å²) >= 11 is 0. The zero-order valence-corrected chi connectivity index (χ0v) is 15.3. The smallest absolute Gasteiger partial charge is 0.374 e. The molecule has 1 aromatic heterocycles. The van der Waals surface area contributed by atoms with E-state index in [0.717, 1.165) is 0 Å². The largest absolute Gasteiger partial charge is 0.463 e. The van der Waals surface area contributed by atoms with Crippen LogP contribution >= 0.6 is 0 Å². The summed E-state index contributed by atoms with van der Waals surface area (Å²) in [5.41, 5.74) is 0.958. The highest BCUT2D eigenvalue weighted by Gasteiger charge is 2.30. The summed E-state index contributed by atoms with van der Waals surface area (Å²) in [6.07, 6.45) is 0. The number of carbonyl (C=O) groups excluding carboxylic acids is 2. The van der Waals surface area contributed by atoms with E-state index in [9.17, 15) is 18.0 Å². The number of hydrogen-bond acceptors (Lipinski definition) is 8. The summed E-state index contributed by atoms with van der Waals surface area (Å²) < 4.78 is 41.2. The van der Waals surface area contributed by atoms with E-state index in [1.807, 2.05) is 0 Å². The maximum absolute atomic E-state index is 12.0. The lowest BCUT2D eigenvalue weighted by molar-refractivity contribution is -0.143. The number of furan rings is 1. The number of amidine groups is 1. The molecule has 0 atom stereocenters. The number of rotatable bonds is 5. The Morgan fingerprint density at radius 2 is 2.00 bits per heavy atom. The average Bonchev–Trinajstić information content (AvgIpc) is 3.15. The normalized spacial score (nSPS) is 15.9. The minimum Gasteiger partial charge on any atom is -0.463 e. The number of methoxy groups -OCH3 is 1. The molecule has 0 saturated carbocycles. The summed E-state index contributed by atoms with van der Waals surface area (Å²) in [5, 5.41) is 0. The van der Waals surface area contributed by atoms with E-state index in [0.29, 0.717) is 11.1 Å². The number of fused-ring (bicyclic) bond motifs is 1. The molecule has 27 heavy (non-hydrogen) atoms. The van der Waals surface area contributed by atoms with E-state index in [2.05, 4.69) is 14.5 Å². The second-order valence-electron chi connectivity index (χ2n) is 5.64. The third-order valence-electron chi connectivity index (χ3n) is 3.74. The molecule has 0 bridgehead atoms. The molecule has 0 unspecified atom stereocenters. The van der Waals surface area contributed by atoms with Gasteiger partial charge in [-0.05, 0) is 25.1 Å². The first-order chi connectivity index (χ1) is 12.8. The van der Waals surface area contributed by atoms with Crippen molar-refractivity contribution in [2.75, 3.05) is 13.7 Å². The summed E-state index contributed by atoms with van der Waals surface area (Å²) in [6.45, 7) is 1.09. The van der Waals surface area contributed by atoms with Crippen molar-refractivity contribution in [2.24, 2.45) is 4.99 Å². The molecule has 1 aromatic carbocycles. The number of ether oxygens (including phenoxy) is 2. The molecule has 1 aliphatic rings. The molecule has 1 aliphatic heterocycles. The molecule has 9 nitrogen and oxygen atoms in total. The molecule has 0 saturated heterocycles. The Balaban J connectivity index is 1.63. The quantitative estimate of drug-likeness (QED) is 0.757. The maximum atomic E-state index is 12.0. The van der Waals surface area contributed by atoms with Crippen LogP contribution in [-0.2, 0) is 30.9 Å². The lowest BCUT2D eigenvalue weighted by atomic mass is 10.2. The fourth-order valence-electron chi connectivity index (χ4n) is 2.51. The fraction of sp³-hybridized carbons (Fsp3) is 0.235. The van der Waals surface area contributed by atoms with E-state index >= 15 is 0 Å². The SMILES string of the molecule is COC(=O)c1oc(COC(=O)CN=C2NS(=O)(=O)c3ccccc32)cc1C. The molecule has 10 heteroatoms. The van der Waals surface area contributed by atoms with Crippen molar-refractivity contribution in [3.63, 3.8) is 0 Å². The van der Waals surface area contributed by atoms with Crippen LogP contribution in [-0.4, -0.2) is 39.8 Å². The summed E-state index contributed by atoms with van der Waals surface area (Å²) in [5.74, 6) is -0.894. The molecule has 2 heterocycles. The first-order valence-corrected chi connectivity index (χ1v) is 9.30. The van der Waals surface area contributed by atoms with Crippen molar-refractivity contribution < 1.29 is 31.9 Å². The van der Waals surface area contributed by atoms with Crippen LogP contribution in [0.4, 0.5) is 0 Å². The van der Waals surface area contributed by atoms with Gasteiger partial charge in [-0.1, -0.05) is 12.1 Å². The predicted molar refractivity (Wildman–Crippen MR) is 92.7 cm³/mol. The van der Waals surface area contributed by atoms with Gasteiger partial charge in [0.15, 0.2) is 0 Å². The number of nitrogens with one attached hydrogen (secondary N) is 1. The van der Waals surface area contributed by atoms with Crippen LogP contribution in [0.15, 0.2) is 44.6 Å². The maximum Gasteiger partial charge on any atom is 0.374 e. The monoisotopic (exact) mass is 392 g/mol. The highest BCUT2D eigenvalue weighted by Crippen LogP contribution is 2.22. The van der Waals surface area contributed by atoms with E-state index < -0.39 is 22.0 Å². The zero-order chi connectivity index (χ0) is 19.6. The zero-order valence-electron chi connectivity index (χ0n) is 14.5. The van der Waals surface area contributed by atoms with Crippen LogP contribution in [0.2, 0.25) is 0 Å². The lowest BCUT2D eigenvalue weighted by Crippen LogP contribution is -2.23. The van der Waals surface area contributed by atoms with Crippen LogP contribution in [0.1, 0.15) is 27.4 Å². The van der Waals surface area contributed by atoms with Gasteiger partial charge in [0.25, 0.3) is 10.0 Å². The Kier molecular flexibility index (Phi) is 5.00. The Labute approximate surface area is 155 Å². The lowest BCUT2D eigenvalue weighted by Gasteiger charge is -2.02. The van der Waals surface area contributed by atoms with Crippen LogP contribution in [0.25, 0.3) is 0 Å². The molecular formula is C17H16N2O7S. The Hall–Kier alpha value is -3.14. The van der Waals surface area contributed by atoms with Crippen molar-refractivity contribution in [3.8, 4) is 0 Å². The highest BCUT2D eigenvalue weighted by molar-refractivity contribution is 7.90. The Bertz CT molecular complexity index is 1040. The molecule has 0 spiro atoms. The van der Waals surface area contributed by atoms with Gasteiger partial charge < -0.3 is 13.9 Å². The highest BCUT2D eigenvalue weighted by atomic mass is 32.2. The van der Waals surface area contributed by atoms with Gasteiger partial charge in [-0.25, -0.2) is 13.2 Å². The van der Waals surface area contributed by atoms with Crippen LogP contribution in [0, 0.1) is 6.92 Å². The van der Waals surface area contributed by atoms with Crippen molar-refractivity contribution in [2.45, 2.75) is 18.4 Å². The molecule has 1 N–H and O–H groups in total. The second kappa shape index (κ2) is 7.23. The van der Waals surface area contributed by atoms with Gasteiger partial charge in [0.05, 0.1) is 12.0 Å². The van der Waals surface area contributed by atoms with Crippen LogP contribution in [0.5, 0.6) is 0 Å². The third-order valence-corrected chi connectivity index (χ3v) is 5.14. The first kappa shape index (κ1) is 18.6. The standard InChI is InChI=1S/C17H16N2O7S/c1-10-7-11(26-15(10)17(21)24-2)9-25-14(20)8-18-16-12-5-3-4-6-13(12)27(22,23)19-16/h3-7H,8-9H2,1-2H3,(H,18,19). The number of benzene rings is 1. The third kappa shape index (κ3) is 3.85. The van der Waals surface area contributed by atoms with Crippen molar-refractivity contribution in [3.05, 3.63) is 53.0 Å². The van der Waals surface area contributed by atoms with Crippen molar-refractivity contribution in [1.29, 1.82) is 0 Å². The molecule has 3 rings (SSSR count). The number of hydrogen-bond donors (Lipinski definition) is 1. The molecule has 0 radical (unpaired) electrons. The number of carbonyl (C=O) groups is 2. The minimum absolute atomic E-state index is 0.0424. The van der Waals surface area contributed by atoms with Crippen LogP contribution < -0.4 is 4.72 Å². The molecular weight excluding hydrogens is 376 g/mol. The Morgan fingerprint density at radius 1 is 1.26 bits per heavy atom. The first-order valence-electron chi connectivity index (χ1n) is 7.81. The Morgan fingerprint density at radius 3 is 2.74 bits per heavy atom. The van der Waals surface area contributed by atoms with Gasteiger partial charge in [-0.2, -0.15) is 0 Å². The topological polar surface area (TPSA) is 124 Å².